The molecular formula is C8H7N3O. The first-order valence-corrected chi connectivity index (χ1v) is 3.51. The highest BCUT2D eigenvalue weighted by Gasteiger charge is 1.98. The van der Waals surface area contributed by atoms with Gasteiger partial charge in [0.25, 0.3) is 0 Å². The third kappa shape index (κ3) is 1.14. The highest BCUT2D eigenvalue weighted by Crippen LogP contribution is 2.16. The molecule has 1 heterocycles. The molecule has 60 valence electrons. The molecule has 4 nitrogen and oxygen atoms in total. The van der Waals surface area contributed by atoms with Crippen LogP contribution in [0, 0.1) is 0 Å². The van der Waals surface area contributed by atoms with Gasteiger partial charge in [0, 0.05) is 5.56 Å². The molecule has 0 bridgehead atoms. The number of nitrogens with one attached hydrogen (secondary N) is 1. The van der Waals surface area contributed by atoms with Crippen molar-refractivity contribution in [3.8, 4) is 17.1 Å². The standard InChI is InChI=1S/C8H7N3O/c12-7-3-1-6(2-4-7)8-9-5-10-11-8/h1-5,12H,(H,9,10,11). The molecule has 0 radical (unpaired) electrons. The zero-order valence-corrected chi connectivity index (χ0v) is 6.23. The van der Waals surface area contributed by atoms with E-state index in [0.29, 0.717) is 5.82 Å². The number of phenols is 1. The van der Waals surface area contributed by atoms with Gasteiger partial charge in [0.1, 0.15) is 12.1 Å². The van der Waals surface area contributed by atoms with Crippen molar-refractivity contribution in [2.45, 2.75) is 0 Å². The summed E-state index contributed by atoms with van der Waals surface area (Å²) in [6.07, 6.45) is 1.45. The van der Waals surface area contributed by atoms with Crippen molar-refractivity contribution in [2.24, 2.45) is 0 Å². The van der Waals surface area contributed by atoms with Crippen LogP contribution >= 0.6 is 0 Å². The van der Waals surface area contributed by atoms with Gasteiger partial charge in [-0.05, 0) is 24.3 Å². The SMILES string of the molecule is Oc1ccc(-c2ncn[nH]2)cc1. The van der Waals surface area contributed by atoms with Gasteiger partial charge in [-0.15, -0.1) is 0 Å². The van der Waals surface area contributed by atoms with Crippen LogP contribution < -0.4 is 0 Å². The molecule has 0 atom stereocenters. The number of rotatable bonds is 1. The minimum absolute atomic E-state index is 0.248. The number of nitrogens with zero attached hydrogens (tertiary/aromatic N) is 2. The lowest BCUT2D eigenvalue weighted by Crippen LogP contribution is -1.78. The Hall–Kier alpha value is -1.84. The molecule has 2 N–H and O–H groups in total. The smallest absolute Gasteiger partial charge is 0.155 e. The van der Waals surface area contributed by atoms with Crippen molar-refractivity contribution >= 4 is 0 Å². The van der Waals surface area contributed by atoms with E-state index in [1.807, 2.05) is 0 Å². The molecule has 12 heavy (non-hydrogen) atoms. The summed E-state index contributed by atoms with van der Waals surface area (Å²) in [5.41, 5.74) is 0.908. The van der Waals surface area contributed by atoms with E-state index in [2.05, 4.69) is 15.2 Å². The topological polar surface area (TPSA) is 61.8 Å². The third-order valence-corrected chi connectivity index (χ3v) is 1.56. The van der Waals surface area contributed by atoms with Crippen molar-refractivity contribution in [1.82, 2.24) is 15.2 Å². The Bertz CT molecular complexity index is 352. The maximum absolute atomic E-state index is 9.01. The Kier molecular flexibility index (Phi) is 1.51. The van der Waals surface area contributed by atoms with Crippen molar-refractivity contribution in [3.63, 3.8) is 0 Å². The summed E-state index contributed by atoms with van der Waals surface area (Å²) in [5, 5.41) is 15.5. The number of aromatic hydroxyl groups is 1. The van der Waals surface area contributed by atoms with E-state index in [0.717, 1.165) is 5.56 Å². The molecule has 0 unspecified atom stereocenters. The Labute approximate surface area is 68.9 Å². The zero-order chi connectivity index (χ0) is 8.39. The minimum Gasteiger partial charge on any atom is -0.508 e. The summed E-state index contributed by atoms with van der Waals surface area (Å²) in [6, 6.07) is 6.77. The molecule has 0 spiro atoms. The van der Waals surface area contributed by atoms with Crippen LogP contribution in [0.3, 0.4) is 0 Å². The van der Waals surface area contributed by atoms with E-state index >= 15 is 0 Å². The molecule has 0 amide bonds. The summed E-state index contributed by atoms with van der Waals surface area (Å²) in [6.45, 7) is 0. The molecule has 0 aliphatic carbocycles. The number of aromatic amines is 1. The number of benzene rings is 1. The number of hydrogen-bond donors (Lipinski definition) is 2. The predicted octanol–water partition coefficient (Wildman–Crippen LogP) is 1.18. The van der Waals surface area contributed by atoms with Crippen LogP contribution in [0.15, 0.2) is 30.6 Å². The number of phenolic OH excluding ortho intramolecular Hbond substituents is 1. The lowest BCUT2D eigenvalue weighted by atomic mass is 10.2. The van der Waals surface area contributed by atoms with Gasteiger partial charge in [-0.25, -0.2) is 4.98 Å². The van der Waals surface area contributed by atoms with E-state index in [1.165, 1.54) is 6.33 Å². The normalized spacial score (nSPS) is 10.0. The van der Waals surface area contributed by atoms with Crippen LogP contribution in [0.2, 0.25) is 0 Å². The molecule has 0 saturated carbocycles. The number of hydrogen-bond acceptors (Lipinski definition) is 3. The van der Waals surface area contributed by atoms with Crippen LogP contribution in [0.25, 0.3) is 11.4 Å². The summed E-state index contributed by atoms with van der Waals surface area (Å²) in [4.78, 5) is 3.97. The van der Waals surface area contributed by atoms with Crippen LogP contribution in [0.1, 0.15) is 0 Å². The molecule has 0 aliphatic heterocycles. The average molecular weight is 161 g/mol. The largest absolute Gasteiger partial charge is 0.508 e. The Morgan fingerprint density at radius 3 is 2.50 bits per heavy atom. The molecular weight excluding hydrogens is 154 g/mol. The summed E-state index contributed by atoms with van der Waals surface area (Å²) in [5.74, 6) is 0.952. The maximum atomic E-state index is 9.01. The van der Waals surface area contributed by atoms with E-state index in [-0.39, 0.29) is 5.75 Å². The van der Waals surface area contributed by atoms with Crippen molar-refractivity contribution < 1.29 is 5.11 Å². The molecule has 2 aromatic rings. The van der Waals surface area contributed by atoms with Crippen LogP contribution in [-0.4, -0.2) is 20.3 Å². The van der Waals surface area contributed by atoms with Gasteiger partial charge in [-0.2, -0.15) is 5.10 Å². The van der Waals surface area contributed by atoms with Crippen molar-refractivity contribution in [2.75, 3.05) is 0 Å². The van der Waals surface area contributed by atoms with E-state index < -0.39 is 0 Å². The van der Waals surface area contributed by atoms with Gasteiger partial charge in [-0.3, -0.25) is 5.10 Å². The zero-order valence-electron chi connectivity index (χ0n) is 6.23. The van der Waals surface area contributed by atoms with Crippen LogP contribution in [0.5, 0.6) is 5.75 Å². The highest BCUT2D eigenvalue weighted by molar-refractivity contribution is 5.55. The first-order valence-electron chi connectivity index (χ1n) is 3.51. The van der Waals surface area contributed by atoms with Crippen molar-refractivity contribution in [1.29, 1.82) is 0 Å². The summed E-state index contributed by atoms with van der Waals surface area (Å²) in [7, 11) is 0. The second kappa shape index (κ2) is 2.65. The number of H-pyrrole nitrogens is 1. The van der Waals surface area contributed by atoms with Gasteiger partial charge in [-0.1, -0.05) is 0 Å². The average Bonchev–Trinajstić information content (AvgIpc) is 2.58. The summed E-state index contributed by atoms with van der Waals surface area (Å²) < 4.78 is 0. The van der Waals surface area contributed by atoms with E-state index in [9.17, 15) is 0 Å². The van der Waals surface area contributed by atoms with E-state index in [1.54, 1.807) is 24.3 Å². The van der Waals surface area contributed by atoms with E-state index in [4.69, 9.17) is 5.11 Å². The Morgan fingerprint density at radius 2 is 1.92 bits per heavy atom. The molecule has 4 heteroatoms. The van der Waals surface area contributed by atoms with Gasteiger partial charge < -0.3 is 5.11 Å². The summed E-state index contributed by atoms with van der Waals surface area (Å²) >= 11 is 0. The minimum atomic E-state index is 0.248. The predicted molar refractivity (Wildman–Crippen MR) is 43.5 cm³/mol. The first kappa shape index (κ1) is 6.84. The second-order valence-corrected chi connectivity index (χ2v) is 2.38. The Balaban J connectivity index is 2.43. The molecule has 0 saturated heterocycles. The monoisotopic (exact) mass is 161 g/mol. The Morgan fingerprint density at radius 1 is 1.17 bits per heavy atom. The van der Waals surface area contributed by atoms with Gasteiger partial charge in [0.2, 0.25) is 0 Å². The van der Waals surface area contributed by atoms with Crippen LogP contribution in [-0.2, 0) is 0 Å². The lowest BCUT2D eigenvalue weighted by Gasteiger charge is -1.94. The molecule has 1 aromatic heterocycles. The molecule has 1 aromatic carbocycles. The van der Waals surface area contributed by atoms with Gasteiger partial charge in [0.15, 0.2) is 5.82 Å². The maximum Gasteiger partial charge on any atom is 0.155 e. The third-order valence-electron chi connectivity index (χ3n) is 1.56. The molecule has 2 rings (SSSR count). The van der Waals surface area contributed by atoms with Crippen molar-refractivity contribution in [3.05, 3.63) is 30.6 Å². The quantitative estimate of drug-likeness (QED) is 0.660. The fraction of sp³-hybridized carbons (Fsp3) is 0. The van der Waals surface area contributed by atoms with Gasteiger partial charge >= 0.3 is 0 Å². The fourth-order valence-corrected chi connectivity index (χ4v) is 0.964. The molecule has 0 fully saturated rings. The van der Waals surface area contributed by atoms with Crippen LogP contribution in [0.4, 0.5) is 0 Å². The highest BCUT2D eigenvalue weighted by atomic mass is 16.3. The molecule has 0 aliphatic rings. The first-order chi connectivity index (χ1) is 5.86. The lowest BCUT2D eigenvalue weighted by molar-refractivity contribution is 0.475. The number of aromatic nitrogens is 3. The second-order valence-electron chi connectivity index (χ2n) is 2.38. The fourth-order valence-electron chi connectivity index (χ4n) is 0.964. The van der Waals surface area contributed by atoms with Gasteiger partial charge in [0.05, 0.1) is 0 Å².